The Kier molecular flexibility index (Phi) is 47.8. The number of carbonyl (C=O) groups excluding carboxylic acids is 3. The van der Waals surface area contributed by atoms with Gasteiger partial charge < -0.3 is 14.2 Å². The van der Waals surface area contributed by atoms with E-state index in [0.717, 1.165) is 64.2 Å². The fraction of sp³-hybridized carbons (Fsp3) is 0.870. The van der Waals surface area contributed by atoms with E-state index in [4.69, 9.17) is 14.2 Å². The van der Waals surface area contributed by atoms with Gasteiger partial charge in [0.1, 0.15) is 13.2 Å². The Morgan fingerprint density at radius 2 is 0.550 bits per heavy atom. The molecule has 60 heavy (non-hydrogen) atoms. The molecule has 0 N–H and O–H groups in total. The van der Waals surface area contributed by atoms with Gasteiger partial charge in [-0.3, -0.25) is 14.4 Å². The van der Waals surface area contributed by atoms with Crippen LogP contribution in [0.15, 0.2) is 24.3 Å². The van der Waals surface area contributed by atoms with Crippen molar-refractivity contribution in [3.8, 4) is 0 Å². The predicted molar refractivity (Wildman–Crippen MR) is 256 cm³/mol. The summed E-state index contributed by atoms with van der Waals surface area (Å²) in [5.41, 5.74) is 0. The number of unbranched alkanes of at least 4 members (excludes halogenated alkanes) is 33. The second kappa shape index (κ2) is 49.5. The first-order valence-electron chi connectivity index (χ1n) is 26.3. The third-order valence-electron chi connectivity index (χ3n) is 11.7. The minimum Gasteiger partial charge on any atom is -0.462 e. The molecule has 0 aromatic heterocycles. The van der Waals surface area contributed by atoms with E-state index in [1.807, 2.05) is 0 Å². The van der Waals surface area contributed by atoms with Crippen LogP contribution in [0.5, 0.6) is 0 Å². The lowest BCUT2D eigenvalue weighted by atomic mass is 10.1. The van der Waals surface area contributed by atoms with Crippen molar-refractivity contribution < 1.29 is 28.6 Å². The maximum absolute atomic E-state index is 12.8. The second-order valence-electron chi connectivity index (χ2n) is 17.8. The molecule has 0 heterocycles. The number of hydrogen-bond donors (Lipinski definition) is 0. The Balaban J connectivity index is 4.33. The first-order valence-corrected chi connectivity index (χ1v) is 26.3. The quantitative estimate of drug-likeness (QED) is 0.0263. The molecule has 0 amide bonds. The van der Waals surface area contributed by atoms with Gasteiger partial charge in [0.05, 0.1) is 0 Å². The lowest BCUT2D eigenvalue weighted by molar-refractivity contribution is -0.167. The van der Waals surface area contributed by atoms with Gasteiger partial charge in [-0.2, -0.15) is 0 Å². The largest absolute Gasteiger partial charge is 0.462 e. The summed E-state index contributed by atoms with van der Waals surface area (Å²) in [6, 6.07) is 0. The van der Waals surface area contributed by atoms with Crippen LogP contribution in [0.4, 0.5) is 0 Å². The summed E-state index contributed by atoms with van der Waals surface area (Å²) < 4.78 is 16.8. The molecule has 0 fully saturated rings. The van der Waals surface area contributed by atoms with E-state index in [1.165, 1.54) is 180 Å². The fourth-order valence-corrected chi connectivity index (χ4v) is 7.67. The van der Waals surface area contributed by atoms with Crippen LogP contribution in [0.25, 0.3) is 0 Å². The van der Waals surface area contributed by atoms with Crippen molar-refractivity contribution in [1.82, 2.24) is 0 Å². The van der Waals surface area contributed by atoms with E-state index >= 15 is 0 Å². The highest BCUT2D eigenvalue weighted by atomic mass is 16.6. The van der Waals surface area contributed by atoms with Crippen LogP contribution in [-0.4, -0.2) is 37.2 Å². The molecule has 0 aliphatic rings. The second-order valence-corrected chi connectivity index (χ2v) is 17.8. The third kappa shape index (κ3) is 46.9. The van der Waals surface area contributed by atoms with E-state index in [-0.39, 0.29) is 31.1 Å². The molecule has 6 nitrogen and oxygen atoms in total. The lowest BCUT2D eigenvalue weighted by Gasteiger charge is -2.18. The zero-order valence-corrected chi connectivity index (χ0v) is 40.2. The average molecular weight is 845 g/mol. The van der Waals surface area contributed by atoms with Crippen molar-refractivity contribution in [3.05, 3.63) is 24.3 Å². The van der Waals surface area contributed by atoms with Gasteiger partial charge in [0.2, 0.25) is 0 Å². The summed E-state index contributed by atoms with van der Waals surface area (Å²) >= 11 is 0. The Labute approximate surface area is 373 Å². The van der Waals surface area contributed by atoms with Crippen molar-refractivity contribution in [2.24, 2.45) is 0 Å². The Bertz CT molecular complexity index is 973. The summed E-state index contributed by atoms with van der Waals surface area (Å²) in [5, 5.41) is 0. The van der Waals surface area contributed by atoms with Gasteiger partial charge in [0, 0.05) is 19.3 Å². The van der Waals surface area contributed by atoms with Gasteiger partial charge in [-0.05, 0) is 70.6 Å². The number of ether oxygens (including phenoxy) is 3. The van der Waals surface area contributed by atoms with E-state index in [0.29, 0.717) is 19.3 Å². The summed E-state index contributed by atoms with van der Waals surface area (Å²) in [7, 11) is 0. The van der Waals surface area contributed by atoms with Crippen LogP contribution in [0, 0.1) is 0 Å². The van der Waals surface area contributed by atoms with Crippen LogP contribution in [-0.2, 0) is 28.6 Å². The number of rotatable bonds is 48. The first-order chi connectivity index (χ1) is 29.5. The minimum atomic E-state index is -0.772. The highest BCUT2D eigenvalue weighted by molar-refractivity contribution is 5.71. The summed E-state index contributed by atoms with van der Waals surface area (Å²) in [4.78, 5) is 37.9. The predicted octanol–water partition coefficient (Wildman–Crippen LogP) is 17.2. The van der Waals surface area contributed by atoms with Crippen LogP contribution >= 0.6 is 0 Å². The molecule has 1 atom stereocenters. The highest BCUT2D eigenvalue weighted by Crippen LogP contribution is 2.15. The molecule has 6 heteroatoms. The van der Waals surface area contributed by atoms with E-state index in [9.17, 15) is 14.4 Å². The monoisotopic (exact) mass is 845 g/mol. The smallest absolute Gasteiger partial charge is 0.306 e. The van der Waals surface area contributed by atoms with Gasteiger partial charge in [0.15, 0.2) is 6.10 Å². The molecule has 0 rings (SSSR count). The molecular weight excluding hydrogens is 745 g/mol. The van der Waals surface area contributed by atoms with E-state index in [2.05, 4.69) is 45.1 Å². The van der Waals surface area contributed by atoms with Crippen LogP contribution < -0.4 is 0 Å². The number of hydrogen-bond acceptors (Lipinski definition) is 6. The normalized spacial score (nSPS) is 12.1. The standard InChI is InChI=1S/C54H100O6/c1-4-7-10-13-16-19-22-24-26-27-28-30-32-35-38-41-44-47-53(56)59-50-51(49-58-52(55)46-43-40-37-34-31-21-18-15-12-9-6-3)60-54(57)48-45-42-39-36-33-29-25-23-20-17-14-11-8-5-2/h23-26,51H,4-22,27-50H2,1-3H3/b25-23-,26-24-. The third-order valence-corrected chi connectivity index (χ3v) is 11.7. The number of allylic oxidation sites excluding steroid dienone is 4. The zero-order chi connectivity index (χ0) is 43.7. The first kappa shape index (κ1) is 57.9. The molecule has 0 bridgehead atoms. The van der Waals surface area contributed by atoms with Crippen LogP contribution in [0.2, 0.25) is 0 Å². The molecule has 0 saturated heterocycles. The van der Waals surface area contributed by atoms with E-state index < -0.39 is 6.10 Å². The van der Waals surface area contributed by atoms with Crippen molar-refractivity contribution in [2.75, 3.05) is 13.2 Å². The molecule has 352 valence electrons. The maximum atomic E-state index is 12.8. The van der Waals surface area contributed by atoms with Gasteiger partial charge in [-0.1, -0.05) is 218 Å². The van der Waals surface area contributed by atoms with Crippen molar-refractivity contribution >= 4 is 17.9 Å². The van der Waals surface area contributed by atoms with E-state index in [1.54, 1.807) is 0 Å². The Hall–Kier alpha value is -2.11. The van der Waals surface area contributed by atoms with Crippen molar-refractivity contribution in [1.29, 1.82) is 0 Å². The molecule has 0 aromatic carbocycles. The van der Waals surface area contributed by atoms with Crippen LogP contribution in [0.1, 0.15) is 284 Å². The molecular formula is C54H100O6. The van der Waals surface area contributed by atoms with Gasteiger partial charge in [-0.25, -0.2) is 0 Å². The molecule has 0 radical (unpaired) electrons. The summed E-state index contributed by atoms with van der Waals surface area (Å²) in [6.45, 7) is 6.63. The van der Waals surface area contributed by atoms with Crippen molar-refractivity contribution in [3.63, 3.8) is 0 Å². The van der Waals surface area contributed by atoms with Gasteiger partial charge in [0.25, 0.3) is 0 Å². The van der Waals surface area contributed by atoms with Gasteiger partial charge in [-0.15, -0.1) is 0 Å². The molecule has 1 unspecified atom stereocenters. The summed E-state index contributed by atoms with van der Waals surface area (Å²) in [5.74, 6) is -0.874. The molecule has 0 aliphatic heterocycles. The maximum Gasteiger partial charge on any atom is 0.306 e. The molecule has 0 spiro atoms. The summed E-state index contributed by atoms with van der Waals surface area (Å²) in [6.07, 6.45) is 55.9. The topological polar surface area (TPSA) is 78.9 Å². The molecule has 0 saturated carbocycles. The van der Waals surface area contributed by atoms with Crippen molar-refractivity contribution in [2.45, 2.75) is 290 Å². The minimum absolute atomic E-state index is 0.0724. The van der Waals surface area contributed by atoms with Crippen LogP contribution in [0.3, 0.4) is 0 Å². The molecule has 0 aliphatic carbocycles. The molecule has 0 aromatic rings. The lowest BCUT2D eigenvalue weighted by Crippen LogP contribution is -2.30. The average Bonchev–Trinajstić information content (AvgIpc) is 3.24. The van der Waals surface area contributed by atoms with Gasteiger partial charge >= 0.3 is 17.9 Å². The Morgan fingerprint density at radius 3 is 0.833 bits per heavy atom. The SMILES string of the molecule is CCCCCCC/C=C\CCCCCCCC(=O)OC(COC(=O)CCCCCCCCC/C=C\CCCCCCCC)COC(=O)CCCCCCCCCCCCC. The number of esters is 3. The highest BCUT2D eigenvalue weighted by Gasteiger charge is 2.19. The zero-order valence-electron chi connectivity index (χ0n) is 40.2. The fourth-order valence-electron chi connectivity index (χ4n) is 7.67. The Morgan fingerprint density at radius 1 is 0.317 bits per heavy atom. The number of carbonyl (C=O) groups is 3.